The minimum atomic E-state index is -1.16. The van der Waals surface area contributed by atoms with Crippen LogP contribution in [0.25, 0.3) is 0 Å². The van der Waals surface area contributed by atoms with Gasteiger partial charge >= 0.3 is 5.97 Å². The average Bonchev–Trinajstić information content (AvgIpc) is 2.39. The molecule has 0 aromatic heterocycles. The van der Waals surface area contributed by atoms with Gasteiger partial charge in [-0.25, -0.2) is 4.79 Å². The molecule has 0 aliphatic carbocycles. The summed E-state index contributed by atoms with van der Waals surface area (Å²) >= 11 is 8.52. The molecule has 0 spiro atoms. The molecule has 0 heterocycles. The first-order chi connectivity index (χ1) is 9.86. The number of unbranched alkanes of at least 4 members (excludes halogenated alkanes) is 1. The lowest BCUT2D eigenvalue weighted by atomic mass is 10.1. The number of amides is 2. The molecule has 6 nitrogen and oxygen atoms in total. The molecule has 4 N–H and O–H groups in total. The number of nitrogens with two attached hydrogens (primary N) is 1. The Morgan fingerprint density at radius 3 is 2.29 bits per heavy atom. The van der Waals surface area contributed by atoms with Crippen molar-refractivity contribution in [3.63, 3.8) is 0 Å². The molecule has 0 radical (unpaired) electrons. The number of primary amides is 1. The molecular weight excluding hydrogens is 312 g/mol. The highest BCUT2D eigenvalue weighted by molar-refractivity contribution is 7.81. The molecule has 8 heteroatoms. The molecule has 0 saturated carbocycles. The SMILES string of the molecule is NC(=O)CC[C@H](NC(=O)CCCCC(S)CCS)C(=O)O. The second-order valence-electron chi connectivity index (χ2n) is 4.88. The molecule has 0 aliphatic heterocycles. The van der Waals surface area contributed by atoms with Crippen LogP contribution in [-0.4, -0.2) is 39.9 Å². The number of nitrogens with one attached hydrogen (secondary N) is 1. The van der Waals surface area contributed by atoms with E-state index in [9.17, 15) is 14.4 Å². The number of carboxylic acids is 1. The number of carboxylic acid groups (broad SMARTS) is 1. The van der Waals surface area contributed by atoms with Gasteiger partial charge in [0.2, 0.25) is 11.8 Å². The molecule has 0 rings (SSSR count). The summed E-state index contributed by atoms with van der Waals surface area (Å²) in [6, 6.07) is -1.06. The Bertz CT molecular complexity index is 353. The number of rotatable bonds is 12. The smallest absolute Gasteiger partial charge is 0.326 e. The maximum absolute atomic E-state index is 11.7. The fourth-order valence-corrected chi connectivity index (χ4v) is 2.60. The van der Waals surface area contributed by atoms with Crippen molar-refractivity contribution in [2.24, 2.45) is 5.73 Å². The van der Waals surface area contributed by atoms with Crippen LogP contribution in [0.1, 0.15) is 44.9 Å². The largest absolute Gasteiger partial charge is 0.480 e. The third-order valence-electron chi connectivity index (χ3n) is 2.97. The third kappa shape index (κ3) is 11.4. The Kier molecular flexibility index (Phi) is 11.2. The van der Waals surface area contributed by atoms with Crippen molar-refractivity contribution < 1.29 is 19.5 Å². The van der Waals surface area contributed by atoms with Gasteiger partial charge in [-0.3, -0.25) is 9.59 Å². The predicted octanol–water partition coefficient (Wildman–Crippen LogP) is 1.000. The van der Waals surface area contributed by atoms with Crippen LogP contribution >= 0.6 is 25.3 Å². The number of hydrogen-bond acceptors (Lipinski definition) is 5. The zero-order valence-electron chi connectivity index (χ0n) is 12.0. The number of carbonyl (C=O) groups excluding carboxylic acids is 2. The molecule has 0 aromatic rings. The first-order valence-electron chi connectivity index (χ1n) is 6.96. The summed E-state index contributed by atoms with van der Waals surface area (Å²) in [5.74, 6) is -1.28. The lowest BCUT2D eigenvalue weighted by Crippen LogP contribution is -2.41. The van der Waals surface area contributed by atoms with Crippen LogP contribution in [-0.2, 0) is 14.4 Å². The van der Waals surface area contributed by atoms with E-state index in [0.29, 0.717) is 6.42 Å². The van der Waals surface area contributed by atoms with E-state index in [4.69, 9.17) is 10.8 Å². The summed E-state index contributed by atoms with van der Waals surface area (Å²) in [6.45, 7) is 0. The highest BCUT2D eigenvalue weighted by Gasteiger charge is 2.20. The molecular formula is C13H24N2O4S2. The van der Waals surface area contributed by atoms with Crippen molar-refractivity contribution in [3.8, 4) is 0 Å². The van der Waals surface area contributed by atoms with Gasteiger partial charge in [-0.05, 0) is 31.4 Å². The van der Waals surface area contributed by atoms with Gasteiger partial charge in [-0.1, -0.05) is 6.42 Å². The molecule has 0 aliphatic rings. The van der Waals surface area contributed by atoms with Gasteiger partial charge in [-0.15, -0.1) is 0 Å². The van der Waals surface area contributed by atoms with E-state index >= 15 is 0 Å². The molecule has 2 amide bonds. The normalized spacial score (nSPS) is 13.4. The minimum absolute atomic E-state index is 0.0110. The Hall–Kier alpha value is -0.890. The zero-order valence-corrected chi connectivity index (χ0v) is 13.7. The first kappa shape index (κ1) is 20.1. The topological polar surface area (TPSA) is 109 Å². The van der Waals surface area contributed by atoms with E-state index < -0.39 is 17.9 Å². The minimum Gasteiger partial charge on any atom is -0.480 e. The third-order valence-corrected chi connectivity index (χ3v) is 3.74. The second-order valence-corrected chi connectivity index (χ2v) is 6.05. The van der Waals surface area contributed by atoms with Crippen LogP contribution in [0.4, 0.5) is 0 Å². The van der Waals surface area contributed by atoms with Crippen molar-refractivity contribution in [2.45, 2.75) is 56.2 Å². The van der Waals surface area contributed by atoms with E-state index in [1.54, 1.807) is 0 Å². The fourth-order valence-electron chi connectivity index (χ4n) is 1.77. The van der Waals surface area contributed by atoms with Gasteiger partial charge in [0, 0.05) is 18.1 Å². The number of aliphatic carboxylic acids is 1. The van der Waals surface area contributed by atoms with Crippen molar-refractivity contribution in [2.75, 3.05) is 5.75 Å². The summed E-state index contributed by atoms with van der Waals surface area (Å²) in [6.07, 6.45) is 3.57. The van der Waals surface area contributed by atoms with Gasteiger partial charge in [0.15, 0.2) is 0 Å². The van der Waals surface area contributed by atoms with Gasteiger partial charge in [0.05, 0.1) is 0 Å². The monoisotopic (exact) mass is 336 g/mol. The van der Waals surface area contributed by atoms with Crippen molar-refractivity contribution in [3.05, 3.63) is 0 Å². The van der Waals surface area contributed by atoms with Crippen LogP contribution in [0, 0.1) is 0 Å². The lowest BCUT2D eigenvalue weighted by Gasteiger charge is -2.14. The quantitative estimate of drug-likeness (QED) is 0.270. The van der Waals surface area contributed by atoms with E-state index in [1.165, 1.54) is 0 Å². The van der Waals surface area contributed by atoms with Crippen molar-refractivity contribution in [1.82, 2.24) is 5.32 Å². The lowest BCUT2D eigenvalue weighted by molar-refractivity contribution is -0.142. The highest BCUT2D eigenvalue weighted by atomic mass is 32.1. The van der Waals surface area contributed by atoms with Crippen molar-refractivity contribution >= 4 is 43.0 Å². The Balaban J connectivity index is 3.93. The maximum atomic E-state index is 11.7. The Morgan fingerprint density at radius 1 is 1.10 bits per heavy atom. The van der Waals surface area contributed by atoms with Gasteiger partial charge in [0.1, 0.15) is 6.04 Å². The van der Waals surface area contributed by atoms with Gasteiger partial charge in [0.25, 0.3) is 0 Å². The van der Waals surface area contributed by atoms with Crippen LogP contribution in [0.15, 0.2) is 0 Å². The molecule has 21 heavy (non-hydrogen) atoms. The molecule has 0 fully saturated rings. The van der Waals surface area contributed by atoms with Crippen LogP contribution in [0.5, 0.6) is 0 Å². The predicted molar refractivity (Wildman–Crippen MR) is 87.7 cm³/mol. The fraction of sp³-hybridized carbons (Fsp3) is 0.769. The highest BCUT2D eigenvalue weighted by Crippen LogP contribution is 2.12. The molecule has 0 aromatic carbocycles. The molecule has 122 valence electrons. The Labute approximate surface area is 136 Å². The van der Waals surface area contributed by atoms with E-state index in [0.717, 1.165) is 25.0 Å². The standard InChI is InChI=1S/C13H24N2O4S2/c14-11(16)6-5-10(13(18)19)15-12(17)4-2-1-3-9(21)7-8-20/h9-10,20-21H,1-8H2,(H2,14,16)(H,15,17)(H,18,19)/t9?,10-/m0/s1. The molecule has 0 bridgehead atoms. The molecule has 1 unspecified atom stereocenters. The second kappa shape index (κ2) is 11.7. The summed E-state index contributed by atoms with van der Waals surface area (Å²) in [7, 11) is 0. The summed E-state index contributed by atoms with van der Waals surface area (Å²) < 4.78 is 0. The van der Waals surface area contributed by atoms with E-state index in [2.05, 4.69) is 30.6 Å². The van der Waals surface area contributed by atoms with Crippen LogP contribution in [0.2, 0.25) is 0 Å². The summed E-state index contributed by atoms with van der Waals surface area (Å²) in [5.41, 5.74) is 4.97. The van der Waals surface area contributed by atoms with Crippen LogP contribution < -0.4 is 11.1 Å². The van der Waals surface area contributed by atoms with Gasteiger partial charge in [-0.2, -0.15) is 25.3 Å². The van der Waals surface area contributed by atoms with E-state index in [1.807, 2.05) is 0 Å². The molecule has 2 atom stereocenters. The Morgan fingerprint density at radius 2 is 1.76 bits per heavy atom. The molecule has 0 saturated heterocycles. The van der Waals surface area contributed by atoms with Gasteiger partial charge < -0.3 is 16.2 Å². The first-order valence-corrected chi connectivity index (χ1v) is 8.11. The zero-order chi connectivity index (χ0) is 16.3. The maximum Gasteiger partial charge on any atom is 0.326 e. The summed E-state index contributed by atoms with van der Waals surface area (Å²) in [5, 5.41) is 11.6. The number of thiol groups is 2. The van der Waals surface area contributed by atoms with E-state index in [-0.39, 0.29) is 30.4 Å². The number of hydrogen-bond donors (Lipinski definition) is 5. The van der Waals surface area contributed by atoms with Crippen molar-refractivity contribution in [1.29, 1.82) is 0 Å². The average molecular weight is 336 g/mol. The van der Waals surface area contributed by atoms with Crippen LogP contribution in [0.3, 0.4) is 0 Å². The summed E-state index contributed by atoms with van der Waals surface area (Å²) in [4.78, 5) is 33.2. The number of carbonyl (C=O) groups is 3.